The van der Waals surface area contributed by atoms with Crippen LogP contribution >= 0.6 is 69.6 Å². The van der Waals surface area contributed by atoms with Gasteiger partial charge in [0.25, 0.3) is 0 Å². The number of benzene rings is 4. The molecular weight excluding hydrogens is 633 g/mol. The van der Waals surface area contributed by atoms with E-state index in [9.17, 15) is 10.2 Å². The number of aliphatic hydroxyl groups excluding tert-OH is 1. The fourth-order valence-corrected chi connectivity index (χ4v) is 4.06. The molecule has 39 heavy (non-hydrogen) atoms. The molecule has 4 aromatic rings. The van der Waals surface area contributed by atoms with E-state index in [0.717, 1.165) is 0 Å². The summed E-state index contributed by atoms with van der Waals surface area (Å²) in [7, 11) is 1.37. The van der Waals surface area contributed by atoms with Crippen LogP contribution in [0.3, 0.4) is 0 Å². The predicted octanol–water partition coefficient (Wildman–Crippen LogP) is 9.93. The van der Waals surface area contributed by atoms with Crippen molar-refractivity contribution in [2.75, 3.05) is 13.7 Å². The predicted molar refractivity (Wildman–Crippen MR) is 156 cm³/mol. The molecule has 0 aromatic heterocycles. The Hall–Kier alpha value is -2.26. The van der Waals surface area contributed by atoms with Crippen LogP contribution in [0.5, 0.6) is 34.5 Å². The third kappa shape index (κ3) is 9.71. The summed E-state index contributed by atoms with van der Waals surface area (Å²) in [5.41, 5.74) is 0. The van der Waals surface area contributed by atoms with E-state index in [1.54, 1.807) is 66.7 Å². The van der Waals surface area contributed by atoms with Crippen molar-refractivity contribution in [3.05, 3.63) is 103 Å². The van der Waals surface area contributed by atoms with E-state index in [0.29, 0.717) is 53.1 Å². The van der Waals surface area contributed by atoms with Crippen LogP contribution in [0.2, 0.25) is 30.1 Å². The largest absolute Gasteiger partial charge is 0.504 e. The Bertz CT molecular complexity index is 1370. The number of methoxy groups -OCH3 is 1. The zero-order valence-electron chi connectivity index (χ0n) is 20.0. The molecule has 0 aliphatic rings. The van der Waals surface area contributed by atoms with Gasteiger partial charge in [-0.1, -0.05) is 69.6 Å². The minimum atomic E-state index is -1.05. The van der Waals surface area contributed by atoms with Gasteiger partial charge in [-0.25, -0.2) is 0 Å². The van der Waals surface area contributed by atoms with E-state index in [2.05, 4.69) is 0 Å². The van der Waals surface area contributed by atoms with Gasteiger partial charge in [-0.2, -0.15) is 0 Å². The Balaban J connectivity index is 0.000000223. The molecule has 0 radical (unpaired) electrons. The van der Waals surface area contributed by atoms with Crippen molar-refractivity contribution in [1.29, 1.82) is 0 Å². The van der Waals surface area contributed by atoms with Crippen molar-refractivity contribution in [1.82, 2.24) is 0 Å². The van der Waals surface area contributed by atoms with E-state index in [1.807, 2.05) is 0 Å². The van der Waals surface area contributed by atoms with E-state index in [1.165, 1.54) is 13.2 Å². The smallest absolute Gasteiger partial charge is 0.188 e. The van der Waals surface area contributed by atoms with E-state index < -0.39 is 6.29 Å². The Labute approximate surface area is 255 Å². The summed E-state index contributed by atoms with van der Waals surface area (Å²) in [5, 5.41) is 21.7. The molecule has 6 nitrogen and oxygen atoms in total. The Morgan fingerprint density at radius 3 is 1.51 bits per heavy atom. The molecule has 0 bridgehead atoms. The number of ether oxygens (including phenoxy) is 4. The minimum absolute atomic E-state index is 0.0523. The highest BCUT2D eigenvalue weighted by Crippen LogP contribution is 2.38. The lowest BCUT2D eigenvalue weighted by atomic mass is 10.3. The lowest BCUT2D eigenvalue weighted by Crippen LogP contribution is -2.19. The molecule has 2 N–H and O–H groups in total. The second-order valence-corrected chi connectivity index (χ2v) is 10.1. The average molecular weight is 653 g/mol. The SMILES string of the molecule is COC(O)COc1cc(Cl)ccc1Oc1ccc(Cl)cc1Cl.Oc1cc(Cl)ccc1Oc1ccc(Cl)cc1Cl. The first-order valence-corrected chi connectivity index (χ1v) is 13.2. The second kappa shape index (κ2) is 14.9. The van der Waals surface area contributed by atoms with Gasteiger partial charge in [0.05, 0.1) is 10.0 Å². The molecule has 4 rings (SSSR count). The van der Waals surface area contributed by atoms with E-state index in [4.69, 9.17) is 88.6 Å². The highest BCUT2D eigenvalue weighted by atomic mass is 35.5. The molecule has 0 fully saturated rings. The van der Waals surface area contributed by atoms with Crippen LogP contribution in [0.4, 0.5) is 0 Å². The van der Waals surface area contributed by atoms with Crippen molar-refractivity contribution in [2.45, 2.75) is 6.29 Å². The summed E-state index contributed by atoms with van der Waals surface area (Å²) in [6.07, 6.45) is -1.05. The highest BCUT2D eigenvalue weighted by Gasteiger charge is 2.12. The maximum Gasteiger partial charge on any atom is 0.188 e. The van der Waals surface area contributed by atoms with Gasteiger partial charge in [-0.15, -0.1) is 0 Å². The van der Waals surface area contributed by atoms with Gasteiger partial charge in [0.15, 0.2) is 29.3 Å². The number of aromatic hydroxyl groups is 1. The average Bonchev–Trinajstić information content (AvgIpc) is 2.88. The van der Waals surface area contributed by atoms with E-state index in [-0.39, 0.29) is 18.1 Å². The lowest BCUT2D eigenvalue weighted by Gasteiger charge is -2.15. The molecule has 0 saturated carbocycles. The van der Waals surface area contributed by atoms with Crippen LogP contribution in [-0.2, 0) is 4.74 Å². The number of hydrogen-bond acceptors (Lipinski definition) is 6. The first-order valence-electron chi connectivity index (χ1n) is 10.9. The second-order valence-electron chi connectivity index (χ2n) is 7.56. The number of phenols is 1. The summed E-state index contributed by atoms with van der Waals surface area (Å²) in [5.74, 6) is 1.81. The molecule has 1 atom stereocenters. The van der Waals surface area contributed by atoms with Crippen LogP contribution in [0.15, 0.2) is 72.8 Å². The van der Waals surface area contributed by atoms with Crippen LogP contribution in [0, 0.1) is 0 Å². The van der Waals surface area contributed by atoms with Gasteiger partial charge in [0, 0.05) is 39.3 Å². The molecule has 1 unspecified atom stereocenters. The zero-order chi connectivity index (χ0) is 28.5. The highest BCUT2D eigenvalue weighted by molar-refractivity contribution is 6.36. The third-order valence-corrected chi connectivity index (χ3v) is 6.24. The summed E-state index contributed by atoms with van der Waals surface area (Å²) in [6.45, 7) is -0.0679. The third-order valence-electron chi connectivity index (χ3n) is 4.71. The number of hydrogen-bond donors (Lipinski definition) is 2. The van der Waals surface area contributed by atoms with Crippen molar-refractivity contribution < 1.29 is 29.2 Å². The Morgan fingerprint density at radius 1 is 0.590 bits per heavy atom. The number of halogens is 6. The molecule has 4 aromatic carbocycles. The molecule has 0 aliphatic carbocycles. The number of phenolic OH excluding ortho intramolecular Hbond substituents is 1. The topological polar surface area (TPSA) is 77.4 Å². The first-order chi connectivity index (χ1) is 18.5. The molecule has 0 saturated heterocycles. The number of rotatable bonds is 8. The van der Waals surface area contributed by atoms with Gasteiger partial charge in [-0.3, -0.25) is 0 Å². The van der Waals surface area contributed by atoms with Gasteiger partial charge in [-0.05, 0) is 60.7 Å². The Morgan fingerprint density at radius 2 is 1.03 bits per heavy atom. The van der Waals surface area contributed by atoms with Gasteiger partial charge >= 0.3 is 0 Å². The van der Waals surface area contributed by atoms with Crippen LogP contribution < -0.4 is 14.2 Å². The molecule has 0 amide bonds. The van der Waals surface area contributed by atoms with Crippen LogP contribution in [0.25, 0.3) is 0 Å². The molecule has 0 aliphatic heterocycles. The summed E-state index contributed by atoms with van der Waals surface area (Å²) in [4.78, 5) is 0. The van der Waals surface area contributed by atoms with Crippen molar-refractivity contribution in [2.24, 2.45) is 0 Å². The van der Waals surface area contributed by atoms with Crippen molar-refractivity contribution >= 4 is 69.6 Å². The summed E-state index contributed by atoms with van der Waals surface area (Å²) < 4.78 is 21.3. The van der Waals surface area contributed by atoms with E-state index >= 15 is 0 Å². The van der Waals surface area contributed by atoms with Crippen molar-refractivity contribution in [3.8, 4) is 34.5 Å². The monoisotopic (exact) mass is 650 g/mol. The molecule has 12 heteroatoms. The molecule has 0 spiro atoms. The maximum atomic E-state index is 9.62. The normalized spacial score (nSPS) is 11.3. The molecule has 206 valence electrons. The standard InChI is InChI=1S/C15H13Cl3O4.C12H7Cl3O2/c1-20-15(19)8-21-14-7-10(17)3-5-13(14)22-12-4-2-9(16)6-11(12)18;13-7-1-3-11(9(15)5-7)17-12-4-2-8(14)6-10(12)16/h2-7,15,19H,8H2,1H3;1-6,16H. The number of aliphatic hydroxyl groups is 1. The maximum absolute atomic E-state index is 9.62. The quantitative estimate of drug-likeness (QED) is 0.185. The van der Waals surface area contributed by atoms with Crippen LogP contribution in [0.1, 0.15) is 0 Å². The fourth-order valence-electron chi connectivity index (χ4n) is 2.84. The summed E-state index contributed by atoms with van der Waals surface area (Å²) >= 11 is 35.3. The van der Waals surface area contributed by atoms with Gasteiger partial charge < -0.3 is 29.2 Å². The first kappa shape index (κ1) is 31.3. The lowest BCUT2D eigenvalue weighted by molar-refractivity contribution is -0.0969. The van der Waals surface area contributed by atoms with Crippen molar-refractivity contribution in [3.63, 3.8) is 0 Å². The zero-order valence-corrected chi connectivity index (χ0v) is 24.5. The molecule has 0 heterocycles. The van der Waals surface area contributed by atoms with Crippen LogP contribution in [-0.4, -0.2) is 30.2 Å². The summed E-state index contributed by atoms with van der Waals surface area (Å²) in [6, 6.07) is 19.1. The minimum Gasteiger partial charge on any atom is -0.504 e. The van der Waals surface area contributed by atoms with Gasteiger partial charge in [0.2, 0.25) is 0 Å². The molecular formula is C27H20Cl6O6. The fraction of sp³-hybridized carbons (Fsp3) is 0.111. The Kier molecular flexibility index (Phi) is 12.0. The van der Waals surface area contributed by atoms with Gasteiger partial charge in [0.1, 0.15) is 18.1 Å².